The Hall–Kier alpha value is -4.28. The van der Waals surface area contributed by atoms with E-state index in [9.17, 15) is 5.26 Å². The highest BCUT2D eigenvalue weighted by Gasteiger charge is 2.27. The van der Waals surface area contributed by atoms with Crippen LogP contribution >= 0.6 is 0 Å². The summed E-state index contributed by atoms with van der Waals surface area (Å²) in [5.41, 5.74) is 7.05. The van der Waals surface area contributed by atoms with Crippen LogP contribution in [0.15, 0.2) is 91.0 Å². The molecular weight excluding hydrogens is 496 g/mol. The molecule has 5 rings (SSSR count). The van der Waals surface area contributed by atoms with Crippen molar-refractivity contribution in [3.8, 4) is 23.2 Å². The predicted molar refractivity (Wildman–Crippen MR) is 159 cm³/mol. The molecule has 0 atom stereocenters. The molecule has 204 valence electrons. The molecule has 0 radical (unpaired) electrons. The van der Waals surface area contributed by atoms with Crippen molar-refractivity contribution in [2.45, 2.75) is 32.1 Å². The minimum absolute atomic E-state index is 0.589. The third-order valence-corrected chi connectivity index (χ3v) is 7.41. The Balaban J connectivity index is 1.15. The SMILES string of the molecule is C=CN/N=C(\C=C/Cc1cccc(-c2ncc(OCC3CCN(CC4CC4)CC3)cn2)c1)c1cccc(C#N)c1. The van der Waals surface area contributed by atoms with E-state index in [-0.39, 0.29) is 0 Å². The number of rotatable bonds is 12. The first kappa shape index (κ1) is 27.3. The Bertz CT molecular complexity index is 1380. The van der Waals surface area contributed by atoms with Crippen LogP contribution < -0.4 is 10.2 Å². The standard InChI is InChI=1S/C33H36N6O/c1-2-37-38-32(29-9-4-8-28(19-29)20-34)11-5-7-25-6-3-10-30(18-25)33-35-21-31(22-36-33)40-24-27-14-16-39(17-15-27)23-26-12-13-26/h2-6,8-11,18-19,21-22,26-27,37H,1,7,12-17,23-24H2/b11-5-,38-32+. The molecule has 1 saturated heterocycles. The lowest BCUT2D eigenvalue weighted by Gasteiger charge is -2.31. The van der Waals surface area contributed by atoms with Crippen molar-refractivity contribution < 1.29 is 4.74 Å². The van der Waals surface area contributed by atoms with E-state index >= 15 is 0 Å². The third kappa shape index (κ3) is 7.87. The van der Waals surface area contributed by atoms with Crippen LogP contribution in [0.1, 0.15) is 42.4 Å². The van der Waals surface area contributed by atoms with Crippen LogP contribution in [0, 0.1) is 23.2 Å². The molecule has 0 unspecified atom stereocenters. The number of likely N-dealkylation sites (tertiary alicyclic amines) is 1. The van der Waals surface area contributed by atoms with Gasteiger partial charge in [-0.2, -0.15) is 10.4 Å². The number of allylic oxidation sites excluding steroid dienone is 2. The van der Waals surface area contributed by atoms with Gasteiger partial charge in [-0.25, -0.2) is 9.97 Å². The van der Waals surface area contributed by atoms with E-state index in [0.29, 0.717) is 23.7 Å². The molecule has 1 aromatic heterocycles. The van der Waals surface area contributed by atoms with Gasteiger partial charge in [0, 0.05) is 23.9 Å². The molecule has 1 aliphatic carbocycles. The van der Waals surface area contributed by atoms with E-state index in [1.165, 1.54) is 51.5 Å². The van der Waals surface area contributed by atoms with Crippen LogP contribution in [0.4, 0.5) is 0 Å². The first-order valence-electron chi connectivity index (χ1n) is 14.1. The van der Waals surface area contributed by atoms with Gasteiger partial charge in [0.2, 0.25) is 0 Å². The largest absolute Gasteiger partial charge is 0.490 e. The van der Waals surface area contributed by atoms with Gasteiger partial charge in [0.05, 0.1) is 36.3 Å². The van der Waals surface area contributed by atoms with E-state index < -0.39 is 0 Å². The second-order valence-electron chi connectivity index (χ2n) is 10.6. The summed E-state index contributed by atoms with van der Waals surface area (Å²) in [5, 5.41) is 13.6. The number of ether oxygens (including phenoxy) is 1. The molecule has 0 bridgehead atoms. The molecule has 2 heterocycles. The van der Waals surface area contributed by atoms with Crippen LogP contribution in [0.3, 0.4) is 0 Å². The Morgan fingerprint density at radius 1 is 1.07 bits per heavy atom. The molecule has 7 nitrogen and oxygen atoms in total. The summed E-state index contributed by atoms with van der Waals surface area (Å²) in [6.45, 7) is 8.07. The number of benzene rings is 2. The van der Waals surface area contributed by atoms with E-state index in [4.69, 9.17) is 4.74 Å². The summed E-state index contributed by atoms with van der Waals surface area (Å²) < 4.78 is 6.05. The van der Waals surface area contributed by atoms with Gasteiger partial charge >= 0.3 is 0 Å². The normalized spacial score (nSPS) is 16.5. The number of nitrogens with one attached hydrogen (secondary N) is 1. The fourth-order valence-corrected chi connectivity index (χ4v) is 4.96. The number of hydrogen-bond donors (Lipinski definition) is 1. The number of hydrogen-bond acceptors (Lipinski definition) is 7. The molecule has 1 saturated carbocycles. The summed E-state index contributed by atoms with van der Waals surface area (Å²) in [4.78, 5) is 11.8. The maximum Gasteiger partial charge on any atom is 0.159 e. The zero-order valence-electron chi connectivity index (χ0n) is 22.9. The Morgan fingerprint density at radius 2 is 1.88 bits per heavy atom. The van der Waals surface area contributed by atoms with Crippen LogP contribution in [-0.2, 0) is 6.42 Å². The zero-order chi connectivity index (χ0) is 27.6. The summed E-state index contributed by atoms with van der Waals surface area (Å²) >= 11 is 0. The van der Waals surface area contributed by atoms with Crippen molar-refractivity contribution in [1.29, 1.82) is 5.26 Å². The van der Waals surface area contributed by atoms with Gasteiger partial charge in [0.15, 0.2) is 11.6 Å². The highest BCUT2D eigenvalue weighted by atomic mass is 16.5. The average Bonchev–Trinajstić information content (AvgIpc) is 3.83. The van der Waals surface area contributed by atoms with Crippen molar-refractivity contribution in [1.82, 2.24) is 20.3 Å². The second-order valence-corrected chi connectivity index (χ2v) is 10.6. The molecule has 1 aliphatic heterocycles. The molecule has 7 heteroatoms. The Labute approximate surface area is 236 Å². The Morgan fingerprint density at radius 3 is 2.62 bits per heavy atom. The van der Waals surface area contributed by atoms with Crippen LogP contribution in [-0.4, -0.2) is 46.8 Å². The predicted octanol–water partition coefficient (Wildman–Crippen LogP) is 5.75. The average molecular weight is 533 g/mol. The fourth-order valence-electron chi connectivity index (χ4n) is 4.96. The van der Waals surface area contributed by atoms with Crippen LogP contribution in [0.2, 0.25) is 0 Å². The van der Waals surface area contributed by atoms with Crippen LogP contribution in [0.5, 0.6) is 5.75 Å². The minimum Gasteiger partial charge on any atom is -0.490 e. The number of nitrogens with zero attached hydrogens (tertiary/aromatic N) is 5. The van der Waals surface area contributed by atoms with E-state index in [0.717, 1.165) is 40.7 Å². The van der Waals surface area contributed by atoms with Gasteiger partial charge in [-0.3, -0.25) is 5.43 Å². The van der Waals surface area contributed by atoms with Crippen molar-refractivity contribution >= 4 is 5.71 Å². The molecule has 2 fully saturated rings. The molecule has 0 amide bonds. The van der Waals surface area contributed by atoms with Crippen molar-refractivity contribution in [2.75, 3.05) is 26.2 Å². The summed E-state index contributed by atoms with van der Waals surface area (Å²) in [7, 11) is 0. The third-order valence-electron chi connectivity index (χ3n) is 7.41. The smallest absolute Gasteiger partial charge is 0.159 e. The number of hydrazone groups is 1. The van der Waals surface area contributed by atoms with E-state index in [1.807, 2.05) is 36.4 Å². The highest BCUT2D eigenvalue weighted by Crippen LogP contribution is 2.31. The lowest BCUT2D eigenvalue weighted by Crippen LogP contribution is -2.36. The van der Waals surface area contributed by atoms with Gasteiger partial charge in [0.1, 0.15) is 0 Å². The topological polar surface area (TPSA) is 86.4 Å². The van der Waals surface area contributed by atoms with Crippen LogP contribution in [0.25, 0.3) is 11.4 Å². The molecular formula is C33H36N6O. The van der Waals surface area contributed by atoms with Gasteiger partial charge in [-0.05, 0) is 86.9 Å². The molecule has 40 heavy (non-hydrogen) atoms. The first-order valence-corrected chi connectivity index (χ1v) is 14.1. The van der Waals surface area contributed by atoms with Crippen molar-refractivity contribution in [3.63, 3.8) is 0 Å². The van der Waals surface area contributed by atoms with Crippen molar-refractivity contribution in [2.24, 2.45) is 16.9 Å². The summed E-state index contributed by atoms with van der Waals surface area (Å²) in [6, 6.07) is 17.8. The lowest BCUT2D eigenvalue weighted by molar-refractivity contribution is 0.137. The maximum absolute atomic E-state index is 9.23. The molecule has 1 N–H and O–H groups in total. The Kier molecular flexibility index (Phi) is 9.33. The fraction of sp³-hybridized carbons (Fsp3) is 0.333. The zero-order valence-corrected chi connectivity index (χ0v) is 22.9. The lowest BCUT2D eigenvalue weighted by atomic mass is 9.97. The van der Waals surface area contributed by atoms with Gasteiger partial charge < -0.3 is 9.64 Å². The van der Waals surface area contributed by atoms with E-state index in [1.54, 1.807) is 18.5 Å². The first-order chi connectivity index (χ1) is 19.7. The molecule has 2 aliphatic rings. The molecule has 2 aromatic carbocycles. The minimum atomic E-state index is 0.589. The monoisotopic (exact) mass is 532 g/mol. The number of aromatic nitrogens is 2. The van der Waals surface area contributed by atoms with Gasteiger partial charge in [-0.1, -0.05) is 43.0 Å². The molecule has 0 spiro atoms. The van der Waals surface area contributed by atoms with Gasteiger partial charge in [-0.15, -0.1) is 0 Å². The van der Waals surface area contributed by atoms with E-state index in [2.05, 4.69) is 56.3 Å². The maximum atomic E-state index is 9.23. The summed E-state index contributed by atoms with van der Waals surface area (Å²) in [5.74, 6) is 2.97. The quantitative estimate of drug-likeness (QED) is 0.236. The highest BCUT2D eigenvalue weighted by molar-refractivity contribution is 6.08. The molecule has 3 aromatic rings. The van der Waals surface area contributed by atoms with Gasteiger partial charge in [0.25, 0.3) is 0 Å². The number of nitriles is 1. The second kappa shape index (κ2) is 13.7. The van der Waals surface area contributed by atoms with Crippen molar-refractivity contribution in [3.05, 3.63) is 103 Å². The number of piperidine rings is 1. The summed E-state index contributed by atoms with van der Waals surface area (Å²) in [6.07, 6.45) is 15.0.